The molecular weight excluding hydrogens is 190 g/mol. The van der Waals surface area contributed by atoms with Gasteiger partial charge in [0.2, 0.25) is 0 Å². The lowest BCUT2D eigenvalue weighted by molar-refractivity contribution is 0.161. The van der Waals surface area contributed by atoms with E-state index in [1.54, 1.807) is 7.11 Å². The molecule has 1 fully saturated rings. The van der Waals surface area contributed by atoms with Crippen molar-refractivity contribution in [3.8, 4) is 5.75 Å². The Bertz CT molecular complexity index is 347. The number of benzene rings is 1. The molecule has 0 aromatic heterocycles. The van der Waals surface area contributed by atoms with Crippen LogP contribution in [-0.4, -0.2) is 12.2 Å². The van der Waals surface area contributed by atoms with Crippen LogP contribution >= 0.6 is 0 Å². The van der Waals surface area contributed by atoms with Gasteiger partial charge in [-0.3, -0.25) is 0 Å². The highest BCUT2D eigenvalue weighted by Gasteiger charge is 2.26. The third-order valence-corrected chi connectivity index (χ3v) is 2.93. The number of aliphatic hydroxyl groups excluding tert-OH is 1. The van der Waals surface area contributed by atoms with Crippen LogP contribution in [-0.2, 0) is 0 Å². The number of nitrogen functional groups attached to an aromatic ring is 1. The normalized spacial score (nSPS) is 17.5. The van der Waals surface area contributed by atoms with Crippen molar-refractivity contribution in [2.24, 2.45) is 5.92 Å². The molecule has 15 heavy (non-hydrogen) atoms. The van der Waals surface area contributed by atoms with Crippen molar-refractivity contribution in [1.82, 2.24) is 0 Å². The molecule has 0 amide bonds. The zero-order valence-corrected chi connectivity index (χ0v) is 8.94. The van der Waals surface area contributed by atoms with E-state index in [-0.39, 0.29) is 0 Å². The Labute approximate surface area is 89.9 Å². The van der Waals surface area contributed by atoms with E-state index in [1.165, 1.54) is 12.8 Å². The number of ether oxygens (including phenoxy) is 1. The molecule has 1 aliphatic rings. The van der Waals surface area contributed by atoms with Gasteiger partial charge in [0, 0.05) is 5.56 Å². The molecule has 2 rings (SSSR count). The van der Waals surface area contributed by atoms with Gasteiger partial charge in [0.1, 0.15) is 5.75 Å². The SMILES string of the molecule is COc1cccc(C(O)CC2CC2)c1N. The van der Waals surface area contributed by atoms with E-state index in [0.29, 0.717) is 17.4 Å². The maximum Gasteiger partial charge on any atom is 0.142 e. The van der Waals surface area contributed by atoms with E-state index in [2.05, 4.69) is 0 Å². The molecule has 0 heterocycles. The topological polar surface area (TPSA) is 55.5 Å². The van der Waals surface area contributed by atoms with Crippen LogP contribution in [0.1, 0.15) is 30.9 Å². The molecule has 82 valence electrons. The number of hydrogen-bond donors (Lipinski definition) is 2. The first kappa shape index (κ1) is 10.3. The first-order chi connectivity index (χ1) is 7.22. The second-order valence-electron chi connectivity index (χ2n) is 4.16. The Morgan fingerprint density at radius 3 is 2.87 bits per heavy atom. The molecule has 0 saturated heterocycles. The van der Waals surface area contributed by atoms with Gasteiger partial charge in [-0.05, 0) is 18.4 Å². The maximum atomic E-state index is 10.00. The van der Waals surface area contributed by atoms with Gasteiger partial charge in [-0.15, -0.1) is 0 Å². The van der Waals surface area contributed by atoms with E-state index >= 15 is 0 Å². The second-order valence-corrected chi connectivity index (χ2v) is 4.16. The molecule has 0 aliphatic heterocycles. The van der Waals surface area contributed by atoms with Crippen LogP contribution in [0.3, 0.4) is 0 Å². The molecule has 1 atom stereocenters. The van der Waals surface area contributed by atoms with Gasteiger partial charge in [0.15, 0.2) is 0 Å². The minimum atomic E-state index is -0.451. The number of nitrogens with two attached hydrogens (primary N) is 1. The van der Waals surface area contributed by atoms with Crippen molar-refractivity contribution in [3.63, 3.8) is 0 Å². The third-order valence-electron chi connectivity index (χ3n) is 2.93. The van der Waals surface area contributed by atoms with E-state index < -0.39 is 6.10 Å². The Balaban J connectivity index is 2.17. The van der Waals surface area contributed by atoms with Gasteiger partial charge < -0.3 is 15.6 Å². The van der Waals surface area contributed by atoms with E-state index in [0.717, 1.165) is 12.0 Å². The fourth-order valence-electron chi connectivity index (χ4n) is 1.83. The van der Waals surface area contributed by atoms with Crippen LogP contribution in [0.2, 0.25) is 0 Å². The Kier molecular flexibility index (Phi) is 2.82. The molecule has 0 spiro atoms. The molecule has 0 radical (unpaired) electrons. The number of para-hydroxylation sites is 1. The molecule has 3 nitrogen and oxygen atoms in total. The van der Waals surface area contributed by atoms with Crippen molar-refractivity contribution in [3.05, 3.63) is 23.8 Å². The molecule has 1 aromatic rings. The van der Waals surface area contributed by atoms with Crippen molar-refractivity contribution in [2.75, 3.05) is 12.8 Å². The highest BCUT2D eigenvalue weighted by atomic mass is 16.5. The Hall–Kier alpha value is -1.22. The minimum Gasteiger partial charge on any atom is -0.495 e. The van der Waals surface area contributed by atoms with Gasteiger partial charge in [-0.25, -0.2) is 0 Å². The molecular formula is C12H17NO2. The zero-order chi connectivity index (χ0) is 10.8. The smallest absolute Gasteiger partial charge is 0.142 e. The van der Waals surface area contributed by atoms with Gasteiger partial charge in [0.05, 0.1) is 18.9 Å². The summed E-state index contributed by atoms with van der Waals surface area (Å²) in [7, 11) is 1.59. The van der Waals surface area contributed by atoms with Crippen molar-refractivity contribution >= 4 is 5.69 Å². The minimum absolute atomic E-state index is 0.451. The average Bonchev–Trinajstić information content (AvgIpc) is 3.02. The van der Waals surface area contributed by atoms with Crippen LogP contribution in [0.5, 0.6) is 5.75 Å². The first-order valence-corrected chi connectivity index (χ1v) is 5.32. The number of methoxy groups -OCH3 is 1. The van der Waals surface area contributed by atoms with Crippen LogP contribution in [0, 0.1) is 5.92 Å². The van der Waals surface area contributed by atoms with Gasteiger partial charge >= 0.3 is 0 Å². The highest BCUT2D eigenvalue weighted by molar-refractivity contribution is 5.59. The Morgan fingerprint density at radius 1 is 1.53 bits per heavy atom. The Morgan fingerprint density at radius 2 is 2.27 bits per heavy atom. The quantitative estimate of drug-likeness (QED) is 0.743. The standard InChI is InChI=1S/C12H17NO2/c1-15-11-4-2-3-9(12(11)13)10(14)7-8-5-6-8/h2-4,8,10,14H,5-7,13H2,1H3. The maximum absolute atomic E-state index is 10.00. The number of rotatable bonds is 4. The third kappa shape index (κ3) is 2.23. The summed E-state index contributed by atoms with van der Waals surface area (Å²) in [6.07, 6.45) is 2.84. The van der Waals surface area contributed by atoms with Crippen LogP contribution in [0.25, 0.3) is 0 Å². The molecule has 1 unspecified atom stereocenters. The van der Waals surface area contributed by atoms with Gasteiger partial charge in [0.25, 0.3) is 0 Å². The van der Waals surface area contributed by atoms with E-state index in [4.69, 9.17) is 10.5 Å². The average molecular weight is 207 g/mol. The highest BCUT2D eigenvalue weighted by Crippen LogP contribution is 2.40. The fourth-order valence-corrected chi connectivity index (χ4v) is 1.83. The number of anilines is 1. The predicted octanol–water partition coefficient (Wildman–Crippen LogP) is 2.11. The summed E-state index contributed by atoms with van der Waals surface area (Å²) >= 11 is 0. The zero-order valence-electron chi connectivity index (χ0n) is 8.94. The van der Waals surface area contributed by atoms with Crippen LogP contribution < -0.4 is 10.5 Å². The molecule has 1 aromatic carbocycles. The summed E-state index contributed by atoms with van der Waals surface area (Å²) in [5, 5.41) is 10.00. The van der Waals surface area contributed by atoms with Crippen molar-refractivity contribution in [2.45, 2.75) is 25.4 Å². The predicted molar refractivity (Wildman–Crippen MR) is 59.7 cm³/mol. The van der Waals surface area contributed by atoms with Crippen molar-refractivity contribution in [1.29, 1.82) is 0 Å². The summed E-state index contributed by atoms with van der Waals surface area (Å²) in [5.41, 5.74) is 7.26. The molecule has 1 saturated carbocycles. The molecule has 0 bridgehead atoms. The molecule has 1 aliphatic carbocycles. The fraction of sp³-hybridized carbons (Fsp3) is 0.500. The largest absolute Gasteiger partial charge is 0.495 e. The molecule has 3 N–H and O–H groups in total. The van der Waals surface area contributed by atoms with Crippen LogP contribution in [0.15, 0.2) is 18.2 Å². The lowest BCUT2D eigenvalue weighted by Gasteiger charge is -2.15. The van der Waals surface area contributed by atoms with Crippen molar-refractivity contribution < 1.29 is 9.84 Å². The lowest BCUT2D eigenvalue weighted by atomic mass is 10.0. The summed E-state index contributed by atoms with van der Waals surface area (Å²) in [6, 6.07) is 5.54. The van der Waals surface area contributed by atoms with E-state index in [1.807, 2.05) is 18.2 Å². The summed E-state index contributed by atoms with van der Waals surface area (Å²) < 4.78 is 5.12. The van der Waals surface area contributed by atoms with Gasteiger partial charge in [-0.1, -0.05) is 25.0 Å². The number of aliphatic hydroxyl groups is 1. The number of hydrogen-bond acceptors (Lipinski definition) is 3. The van der Waals surface area contributed by atoms with E-state index in [9.17, 15) is 5.11 Å². The summed E-state index contributed by atoms with van der Waals surface area (Å²) in [6.45, 7) is 0. The van der Waals surface area contributed by atoms with Crippen LogP contribution in [0.4, 0.5) is 5.69 Å². The summed E-state index contributed by atoms with van der Waals surface area (Å²) in [5.74, 6) is 1.33. The summed E-state index contributed by atoms with van der Waals surface area (Å²) in [4.78, 5) is 0. The second kappa shape index (κ2) is 4.11. The van der Waals surface area contributed by atoms with Gasteiger partial charge in [-0.2, -0.15) is 0 Å². The monoisotopic (exact) mass is 207 g/mol. The molecule has 3 heteroatoms. The first-order valence-electron chi connectivity index (χ1n) is 5.32. The lowest BCUT2D eigenvalue weighted by Crippen LogP contribution is -2.04.